The van der Waals surface area contributed by atoms with Crippen LogP contribution in [-0.2, 0) is 11.8 Å². The molecule has 35 heavy (non-hydrogen) atoms. The van der Waals surface area contributed by atoms with Crippen LogP contribution in [-0.4, -0.2) is 51.2 Å². The summed E-state index contributed by atoms with van der Waals surface area (Å²) in [6.07, 6.45) is 0.675. The molecule has 0 spiro atoms. The Morgan fingerprint density at radius 2 is 1.57 bits per heavy atom. The van der Waals surface area contributed by atoms with Gasteiger partial charge in [0, 0.05) is 56.5 Å². The average molecular weight is 477 g/mol. The number of hydrogen-bond donors (Lipinski definition) is 0. The fourth-order valence-electron chi connectivity index (χ4n) is 4.40. The summed E-state index contributed by atoms with van der Waals surface area (Å²) < 4.78 is 16.8. The van der Waals surface area contributed by atoms with Gasteiger partial charge >= 0.3 is 0 Å². The molecule has 0 saturated carbocycles. The van der Waals surface area contributed by atoms with Gasteiger partial charge in [-0.15, -0.1) is 0 Å². The Balaban J connectivity index is 1.41. The number of furan rings is 1. The second-order valence-corrected chi connectivity index (χ2v) is 10.2. The highest BCUT2D eigenvalue weighted by molar-refractivity contribution is 5.91. The number of nitrogens with zero attached hydrogens (tertiary/aromatic N) is 2. The minimum Gasteiger partial charge on any atom is -0.497 e. The molecule has 0 N–H and O–H groups in total. The van der Waals surface area contributed by atoms with Crippen molar-refractivity contribution in [1.82, 2.24) is 4.90 Å². The van der Waals surface area contributed by atoms with Crippen molar-refractivity contribution in [3.8, 4) is 11.5 Å². The van der Waals surface area contributed by atoms with Crippen molar-refractivity contribution < 1.29 is 18.7 Å². The van der Waals surface area contributed by atoms with E-state index in [0.29, 0.717) is 25.3 Å². The molecule has 1 amide bonds. The van der Waals surface area contributed by atoms with E-state index in [1.165, 1.54) is 16.7 Å². The van der Waals surface area contributed by atoms with E-state index >= 15 is 0 Å². The highest BCUT2D eigenvalue weighted by Gasteiger charge is 2.25. The van der Waals surface area contributed by atoms with Gasteiger partial charge in [0.2, 0.25) is 0 Å². The van der Waals surface area contributed by atoms with Crippen molar-refractivity contribution in [2.75, 3.05) is 45.3 Å². The molecule has 186 valence electrons. The molecule has 6 heteroatoms. The molecule has 0 atom stereocenters. The first-order chi connectivity index (χ1) is 16.7. The number of methoxy groups -OCH3 is 2. The smallest absolute Gasteiger partial charge is 0.289 e. The van der Waals surface area contributed by atoms with Crippen molar-refractivity contribution in [2.45, 2.75) is 39.5 Å². The van der Waals surface area contributed by atoms with Gasteiger partial charge in [-0.05, 0) is 41.2 Å². The molecule has 2 aromatic carbocycles. The summed E-state index contributed by atoms with van der Waals surface area (Å²) in [7, 11) is 3.30. The van der Waals surface area contributed by atoms with Gasteiger partial charge in [-0.25, -0.2) is 0 Å². The van der Waals surface area contributed by atoms with E-state index in [1.807, 2.05) is 29.2 Å². The number of ether oxygens (including phenoxy) is 2. The first kappa shape index (κ1) is 24.7. The van der Waals surface area contributed by atoms with Crippen molar-refractivity contribution >= 4 is 11.6 Å². The quantitative estimate of drug-likeness (QED) is 0.473. The molecule has 6 nitrogen and oxygen atoms in total. The van der Waals surface area contributed by atoms with Crippen LogP contribution in [0.4, 0.5) is 5.69 Å². The summed E-state index contributed by atoms with van der Waals surface area (Å²) in [5, 5.41) is 0. The van der Waals surface area contributed by atoms with Crippen LogP contribution >= 0.6 is 0 Å². The van der Waals surface area contributed by atoms with Crippen LogP contribution in [0.25, 0.3) is 0 Å². The molecule has 4 rings (SSSR count). The SMILES string of the molecule is COc1cc(OC)cc(N2CCN(C(=O)c3ccc(Cc4cc(C(C)(C)C)ccc4C)o3)CC2)c1. The maximum atomic E-state index is 13.1. The van der Waals surface area contributed by atoms with Gasteiger partial charge in [0.15, 0.2) is 5.76 Å². The summed E-state index contributed by atoms with van der Waals surface area (Å²) in [6, 6.07) is 16.2. The summed E-state index contributed by atoms with van der Waals surface area (Å²) in [5.41, 5.74) is 4.87. The molecule has 0 bridgehead atoms. The molecule has 1 aliphatic heterocycles. The summed E-state index contributed by atoms with van der Waals surface area (Å²) in [4.78, 5) is 17.2. The number of rotatable bonds is 6. The van der Waals surface area contributed by atoms with Crippen molar-refractivity contribution in [3.05, 3.63) is 76.7 Å². The van der Waals surface area contributed by atoms with E-state index in [1.54, 1.807) is 20.3 Å². The monoisotopic (exact) mass is 476 g/mol. The van der Waals surface area contributed by atoms with Crippen LogP contribution in [0.15, 0.2) is 52.9 Å². The molecule has 1 aliphatic rings. The molecule has 1 saturated heterocycles. The highest BCUT2D eigenvalue weighted by Crippen LogP contribution is 2.30. The van der Waals surface area contributed by atoms with Crippen LogP contribution in [0.5, 0.6) is 11.5 Å². The number of hydrogen-bond acceptors (Lipinski definition) is 5. The number of aryl methyl sites for hydroxylation is 1. The number of piperazine rings is 1. The minimum absolute atomic E-state index is 0.0562. The lowest BCUT2D eigenvalue weighted by Gasteiger charge is -2.36. The third kappa shape index (κ3) is 5.64. The average Bonchev–Trinajstić information content (AvgIpc) is 3.32. The molecule has 0 aliphatic carbocycles. The number of amides is 1. The van der Waals surface area contributed by atoms with Crippen molar-refractivity contribution in [1.29, 1.82) is 0 Å². The van der Waals surface area contributed by atoms with Crippen LogP contribution in [0, 0.1) is 6.92 Å². The van der Waals surface area contributed by atoms with E-state index in [9.17, 15) is 4.79 Å². The Bertz CT molecular complexity index is 1160. The van der Waals surface area contributed by atoms with Crippen molar-refractivity contribution in [3.63, 3.8) is 0 Å². The van der Waals surface area contributed by atoms with E-state index in [2.05, 4.69) is 50.8 Å². The summed E-state index contributed by atoms with van der Waals surface area (Å²) in [6.45, 7) is 11.5. The largest absolute Gasteiger partial charge is 0.497 e. The first-order valence-corrected chi connectivity index (χ1v) is 12.1. The van der Waals surface area contributed by atoms with Crippen molar-refractivity contribution in [2.24, 2.45) is 0 Å². The minimum atomic E-state index is -0.0562. The van der Waals surface area contributed by atoms with Crippen LogP contribution in [0.3, 0.4) is 0 Å². The Hall–Kier alpha value is -3.41. The van der Waals surface area contributed by atoms with Gasteiger partial charge in [0.05, 0.1) is 14.2 Å². The van der Waals surface area contributed by atoms with Crippen LogP contribution in [0.2, 0.25) is 0 Å². The molecular weight excluding hydrogens is 440 g/mol. The molecule has 0 radical (unpaired) electrons. The second kappa shape index (κ2) is 10.1. The lowest BCUT2D eigenvalue weighted by molar-refractivity contribution is 0.0713. The number of carbonyl (C=O) groups excluding carboxylic acids is 1. The van der Waals surface area contributed by atoms with Gasteiger partial charge in [-0.2, -0.15) is 0 Å². The van der Waals surface area contributed by atoms with E-state index in [4.69, 9.17) is 13.9 Å². The van der Waals surface area contributed by atoms with Gasteiger partial charge in [0.25, 0.3) is 5.91 Å². The van der Waals surface area contributed by atoms with Gasteiger partial charge in [-0.3, -0.25) is 4.79 Å². The third-order valence-electron chi connectivity index (χ3n) is 6.72. The zero-order valence-electron chi connectivity index (χ0n) is 21.7. The Labute approximate surface area is 208 Å². The summed E-state index contributed by atoms with van der Waals surface area (Å²) in [5.74, 6) is 2.67. The normalized spacial score (nSPS) is 14.2. The molecule has 1 aromatic heterocycles. The Morgan fingerprint density at radius 1 is 0.914 bits per heavy atom. The zero-order valence-corrected chi connectivity index (χ0v) is 21.7. The Morgan fingerprint density at radius 3 is 2.17 bits per heavy atom. The first-order valence-electron chi connectivity index (χ1n) is 12.1. The molecular formula is C29H36N2O4. The fourth-order valence-corrected chi connectivity index (χ4v) is 4.40. The Kier molecular flexibility index (Phi) is 7.10. The summed E-state index contributed by atoms with van der Waals surface area (Å²) >= 11 is 0. The van der Waals surface area contributed by atoms with Crippen LogP contribution < -0.4 is 14.4 Å². The number of benzene rings is 2. The second-order valence-electron chi connectivity index (χ2n) is 10.2. The van der Waals surface area contributed by atoms with E-state index in [0.717, 1.165) is 36.0 Å². The maximum Gasteiger partial charge on any atom is 0.289 e. The predicted molar refractivity (Wildman–Crippen MR) is 139 cm³/mol. The maximum absolute atomic E-state index is 13.1. The molecule has 1 fully saturated rings. The van der Waals surface area contributed by atoms with E-state index < -0.39 is 0 Å². The van der Waals surface area contributed by atoms with Crippen LogP contribution in [0.1, 0.15) is 53.8 Å². The van der Waals surface area contributed by atoms with Gasteiger partial charge in [0.1, 0.15) is 17.3 Å². The topological polar surface area (TPSA) is 55.2 Å². The van der Waals surface area contributed by atoms with E-state index in [-0.39, 0.29) is 11.3 Å². The number of carbonyl (C=O) groups is 1. The zero-order chi connectivity index (χ0) is 25.2. The third-order valence-corrected chi connectivity index (χ3v) is 6.72. The van der Waals surface area contributed by atoms with Gasteiger partial charge < -0.3 is 23.7 Å². The standard InChI is InChI=1S/C29H36N2O4/c1-20-7-8-22(29(2,3)4)15-21(20)16-24-9-10-27(35-24)28(32)31-13-11-30(12-14-31)23-17-25(33-5)19-26(18-23)34-6/h7-10,15,17-19H,11-14,16H2,1-6H3. The lowest BCUT2D eigenvalue weighted by atomic mass is 9.85. The predicted octanol–water partition coefficient (Wildman–Crippen LogP) is 5.46. The molecule has 3 aromatic rings. The fraction of sp³-hybridized carbons (Fsp3) is 0.414. The molecule has 2 heterocycles. The number of anilines is 1. The lowest BCUT2D eigenvalue weighted by Crippen LogP contribution is -2.48. The van der Waals surface area contributed by atoms with Gasteiger partial charge in [-0.1, -0.05) is 39.0 Å². The highest BCUT2D eigenvalue weighted by atomic mass is 16.5. The molecule has 0 unspecified atom stereocenters.